The van der Waals surface area contributed by atoms with Crippen LogP contribution in [0.15, 0.2) is 48.9 Å². The number of nitrogens with zero attached hydrogens (tertiary/aromatic N) is 4. The number of anilines is 1. The Labute approximate surface area is 246 Å². The van der Waals surface area contributed by atoms with Crippen LogP contribution in [0.5, 0.6) is 0 Å². The summed E-state index contributed by atoms with van der Waals surface area (Å²) < 4.78 is 39.0. The van der Waals surface area contributed by atoms with Gasteiger partial charge in [-0.15, -0.1) is 0 Å². The number of hydrogen-bond acceptors (Lipinski definition) is 9. The van der Waals surface area contributed by atoms with Crippen LogP contribution < -0.4 is 14.9 Å². The molecule has 1 atom stereocenters. The van der Waals surface area contributed by atoms with Crippen molar-refractivity contribution < 1.29 is 27.5 Å². The zero-order valence-corrected chi connectivity index (χ0v) is 25.6. The fourth-order valence-corrected chi connectivity index (χ4v) is 6.33. The molecule has 2 aromatic heterocycles. The van der Waals surface area contributed by atoms with Gasteiger partial charge in [0.1, 0.15) is 23.4 Å². The molecule has 42 heavy (non-hydrogen) atoms. The third kappa shape index (κ3) is 7.97. The molecule has 0 radical (unpaired) electrons. The summed E-state index contributed by atoms with van der Waals surface area (Å²) in [7, 11) is 0.205. The first-order valence-electron chi connectivity index (χ1n) is 14.0. The van der Waals surface area contributed by atoms with E-state index in [-0.39, 0.29) is 24.4 Å². The molecule has 1 amide bonds. The van der Waals surface area contributed by atoms with Crippen molar-refractivity contribution in [3.63, 3.8) is 0 Å². The van der Waals surface area contributed by atoms with Gasteiger partial charge in [0.05, 0.1) is 11.1 Å². The summed E-state index contributed by atoms with van der Waals surface area (Å²) in [5.41, 5.74) is 0.441. The molecular weight excluding hydrogens is 560 g/mol. The number of rotatable bonds is 10. The molecule has 13 heteroatoms. The third-order valence-electron chi connectivity index (χ3n) is 7.37. The predicted molar refractivity (Wildman–Crippen MR) is 159 cm³/mol. The smallest absolute Gasteiger partial charge is 0.408 e. The quantitative estimate of drug-likeness (QED) is 0.333. The summed E-state index contributed by atoms with van der Waals surface area (Å²) in [6.07, 6.45) is 5.89. The number of sulfonamides is 1. The molecule has 0 aliphatic heterocycles. The lowest BCUT2D eigenvalue weighted by Crippen LogP contribution is -2.38. The van der Waals surface area contributed by atoms with Gasteiger partial charge in [0.15, 0.2) is 12.8 Å². The Balaban J connectivity index is 1.44. The number of alkyl carbamates (subject to hydrolysis) is 1. The number of amides is 1. The van der Waals surface area contributed by atoms with Crippen LogP contribution in [0.3, 0.4) is 0 Å². The molecule has 1 saturated carbocycles. The lowest BCUT2D eigenvalue weighted by molar-refractivity contribution is -0.150. The number of fused-ring (bicyclic) bond motifs is 1. The Morgan fingerprint density at radius 3 is 2.43 bits per heavy atom. The van der Waals surface area contributed by atoms with Crippen LogP contribution in [0.25, 0.3) is 11.0 Å². The normalized spacial score (nSPS) is 18.3. The molecule has 0 saturated heterocycles. The minimum Gasteiger partial charge on any atom is -0.444 e. The summed E-state index contributed by atoms with van der Waals surface area (Å²) >= 11 is 0. The van der Waals surface area contributed by atoms with Gasteiger partial charge in [-0.2, -0.15) is 0 Å². The monoisotopic (exact) mass is 600 g/mol. The van der Waals surface area contributed by atoms with Crippen molar-refractivity contribution in [2.75, 3.05) is 24.7 Å². The molecule has 1 aliphatic carbocycles. The first-order valence-corrected chi connectivity index (χ1v) is 15.7. The molecule has 1 aromatic carbocycles. The van der Waals surface area contributed by atoms with E-state index >= 15 is 0 Å². The molecule has 2 heterocycles. The summed E-state index contributed by atoms with van der Waals surface area (Å²) in [6.45, 7) is 5.12. The van der Waals surface area contributed by atoms with E-state index in [1.807, 2.05) is 19.2 Å². The van der Waals surface area contributed by atoms with E-state index in [4.69, 9.17) is 9.47 Å². The molecule has 0 unspecified atom stereocenters. The van der Waals surface area contributed by atoms with E-state index < -0.39 is 33.7 Å². The standard InChI is InChI=1S/C29H40N6O6S/c1-29(2,3)41-28(37)33-24(21-9-7-6-8-10-21)27(36)40-19-35-16-15-23-25(31-18-32-26(23)35)34(5)22-13-11-20(12-14-22)17-42(38,39)30-4/h6-10,15-16,18,20,22,24,30H,11-14,17,19H2,1-5H3,(H,33,37)/t20-,22-,24-/m0/s1. The second kappa shape index (κ2) is 13.1. The van der Waals surface area contributed by atoms with E-state index in [1.165, 1.54) is 13.4 Å². The van der Waals surface area contributed by atoms with Crippen molar-refractivity contribution in [2.45, 2.75) is 70.9 Å². The van der Waals surface area contributed by atoms with Gasteiger partial charge in [-0.05, 0) is 71.0 Å². The topological polar surface area (TPSA) is 145 Å². The Hall–Kier alpha value is -3.71. The van der Waals surface area contributed by atoms with E-state index in [0.29, 0.717) is 11.2 Å². The summed E-state index contributed by atoms with van der Waals surface area (Å²) in [4.78, 5) is 36.8. The van der Waals surface area contributed by atoms with Crippen LogP contribution in [-0.4, -0.2) is 66.5 Å². The molecule has 4 rings (SSSR count). The SMILES string of the molecule is CNS(=O)(=O)C[C@H]1CC[C@H](N(C)c2ncnc3c2ccn3COC(=O)[C@@H](NC(=O)OC(C)(C)C)c2ccccc2)CC1. The third-order valence-corrected chi connectivity index (χ3v) is 8.91. The van der Waals surface area contributed by atoms with Crippen LogP contribution in [0.2, 0.25) is 0 Å². The fraction of sp³-hybridized carbons (Fsp3) is 0.517. The number of aromatic nitrogens is 3. The van der Waals surface area contributed by atoms with Crippen LogP contribution >= 0.6 is 0 Å². The van der Waals surface area contributed by atoms with Crippen molar-refractivity contribution in [2.24, 2.45) is 5.92 Å². The molecule has 0 spiro atoms. The number of nitrogens with one attached hydrogen (secondary N) is 2. The molecule has 2 N–H and O–H groups in total. The van der Waals surface area contributed by atoms with E-state index in [0.717, 1.165) is 36.9 Å². The first-order chi connectivity index (χ1) is 19.9. The second-order valence-corrected chi connectivity index (χ2v) is 13.5. The van der Waals surface area contributed by atoms with Gasteiger partial charge in [-0.25, -0.2) is 32.7 Å². The minimum atomic E-state index is -3.23. The fourth-order valence-electron chi connectivity index (χ4n) is 5.21. The largest absolute Gasteiger partial charge is 0.444 e. The molecule has 1 fully saturated rings. The summed E-state index contributed by atoms with van der Waals surface area (Å²) in [5, 5.41) is 3.43. The average Bonchev–Trinajstić information content (AvgIpc) is 3.37. The van der Waals surface area contributed by atoms with E-state index in [1.54, 1.807) is 55.8 Å². The van der Waals surface area contributed by atoms with Gasteiger partial charge in [0.25, 0.3) is 0 Å². The number of carbonyl (C=O) groups is 2. The summed E-state index contributed by atoms with van der Waals surface area (Å²) in [6, 6.07) is 9.87. The highest BCUT2D eigenvalue weighted by Crippen LogP contribution is 2.32. The number of carbonyl (C=O) groups excluding carboxylic acids is 2. The van der Waals surface area contributed by atoms with Crippen molar-refractivity contribution in [3.05, 3.63) is 54.5 Å². The van der Waals surface area contributed by atoms with Gasteiger partial charge in [-0.1, -0.05) is 30.3 Å². The van der Waals surface area contributed by atoms with Crippen LogP contribution in [0, 0.1) is 5.92 Å². The van der Waals surface area contributed by atoms with Gasteiger partial charge < -0.3 is 19.7 Å². The Kier molecular flexibility index (Phi) is 9.72. The van der Waals surface area contributed by atoms with Crippen LogP contribution in [-0.2, 0) is 31.0 Å². The lowest BCUT2D eigenvalue weighted by Gasteiger charge is -2.35. The number of esters is 1. The molecule has 12 nitrogen and oxygen atoms in total. The van der Waals surface area contributed by atoms with Gasteiger partial charge in [0.2, 0.25) is 10.0 Å². The first kappa shape index (κ1) is 31.2. The Morgan fingerprint density at radius 1 is 1.10 bits per heavy atom. The Bertz CT molecular complexity index is 1480. The zero-order valence-electron chi connectivity index (χ0n) is 24.7. The van der Waals surface area contributed by atoms with E-state index in [9.17, 15) is 18.0 Å². The summed E-state index contributed by atoms with van der Waals surface area (Å²) in [5.74, 6) is 0.401. The lowest BCUT2D eigenvalue weighted by atomic mass is 9.86. The number of ether oxygens (including phenoxy) is 2. The van der Waals surface area contributed by atoms with Crippen LogP contribution in [0.1, 0.15) is 58.1 Å². The number of hydrogen-bond donors (Lipinski definition) is 2. The maximum atomic E-state index is 13.2. The van der Waals surface area contributed by atoms with E-state index in [2.05, 4.69) is 24.9 Å². The minimum absolute atomic E-state index is 0.118. The maximum absolute atomic E-state index is 13.2. The van der Waals surface area contributed by atoms with Gasteiger partial charge >= 0.3 is 12.1 Å². The predicted octanol–water partition coefficient (Wildman–Crippen LogP) is 3.74. The average molecular weight is 601 g/mol. The number of benzene rings is 1. The Morgan fingerprint density at radius 2 is 1.79 bits per heavy atom. The second-order valence-electron chi connectivity index (χ2n) is 11.6. The molecule has 228 valence electrons. The van der Waals surface area contributed by atoms with Crippen molar-refractivity contribution >= 4 is 38.9 Å². The molecule has 0 bridgehead atoms. The van der Waals surface area contributed by atoms with Gasteiger partial charge in [0, 0.05) is 19.3 Å². The highest BCUT2D eigenvalue weighted by molar-refractivity contribution is 7.89. The molecular formula is C29H40N6O6S. The van der Waals surface area contributed by atoms with Crippen molar-refractivity contribution in [3.8, 4) is 0 Å². The van der Waals surface area contributed by atoms with Crippen molar-refractivity contribution in [1.29, 1.82) is 0 Å². The molecule has 3 aromatic rings. The highest BCUT2D eigenvalue weighted by atomic mass is 32.2. The van der Waals surface area contributed by atoms with Gasteiger partial charge in [-0.3, -0.25) is 4.57 Å². The van der Waals surface area contributed by atoms with Crippen molar-refractivity contribution in [1.82, 2.24) is 24.6 Å². The highest BCUT2D eigenvalue weighted by Gasteiger charge is 2.29. The maximum Gasteiger partial charge on any atom is 0.408 e. The molecule has 1 aliphatic rings. The zero-order chi connectivity index (χ0) is 30.5. The van der Waals surface area contributed by atoms with Crippen LogP contribution in [0.4, 0.5) is 10.6 Å².